The largest absolute Gasteiger partial charge is 0.392 e. The summed E-state index contributed by atoms with van der Waals surface area (Å²) in [5, 5.41) is 9.56. The van der Waals surface area contributed by atoms with Crippen LogP contribution < -0.4 is 5.73 Å². The van der Waals surface area contributed by atoms with Gasteiger partial charge in [0.2, 0.25) is 5.91 Å². The van der Waals surface area contributed by atoms with E-state index in [1.807, 2.05) is 4.90 Å². The lowest BCUT2D eigenvalue weighted by atomic mass is 10.1. The number of likely N-dealkylation sites (tertiary alicyclic amines) is 1. The van der Waals surface area contributed by atoms with E-state index in [0.29, 0.717) is 24.2 Å². The number of aliphatic hydroxyl groups is 1. The Morgan fingerprint density at radius 2 is 2.33 bits per heavy atom. The van der Waals surface area contributed by atoms with Crippen molar-refractivity contribution in [2.24, 2.45) is 5.73 Å². The average molecular weight is 252 g/mol. The van der Waals surface area contributed by atoms with E-state index in [4.69, 9.17) is 5.73 Å². The number of hydrogen-bond donors (Lipinski definition) is 2. The number of rotatable bonds is 3. The molecule has 1 saturated heterocycles. The molecular formula is C13H17FN2O2. The molecule has 1 atom stereocenters. The number of carbonyl (C=O) groups is 1. The second kappa shape index (κ2) is 5.46. The minimum atomic E-state index is -0.560. The Hall–Kier alpha value is -1.46. The Kier molecular flexibility index (Phi) is 3.93. The molecule has 1 aliphatic heterocycles. The molecule has 1 fully saturated rings. The number of aliphatic hydroxyl groups excluding tert-OH is 1. The van der Waals surface area contributed by atoms with E-state index in [2.05, 4.69) is 0 Å². The van der Waals surface area contributed by atoms with Crippen LogP contribution in [0.1, 0.15) is 28.8 Å². The fourth-order valence-electron chi connectivity index (χ4n) is 2.26. The van der Waals surface area contributed by atoms with Crippen molar-refractivity contribution in [1.82, 2.24) is 4.90 Å². The van der Waals surface area contributed by atoms with Crippen molar-refractivity contribution in [3.63, 3.8) is 0 Å². The number of halogens is 1. The summed E-state index contributed by atoms with van der Waals surface area (Å²) < 4.78 is 13.6. The van der Waals surface area contributed by atoms with Crippen LogP contribution in [0, 0.1) is 5.82 Å². The third-order valence-corrected chi connectivity index (χ3v) is 3.20. The van der Waals surface area contributed by atoms with Crippen molar-refractivity contribution >= 4 is 5.91 Å². The van der Waals surface area contributed by atoms with Gasteiger partial charge >= 0.3 is 0 Å². The highest BCUT2D eigenvalue weighted by Gasteiger charge is 2.19. The first kappa shape index (κ1) is 13.0. The van der Waals surface area contributed by atoms with Crippen LogP contribution in [0.25, 0.3) is 0 Å². The minimum absolute atomic E-state index is 0.309. The number of benzene rings is 1. The van der Waals surface area contributed by atoms with E-state index in [9.17, 15) is 14.3 Å². The molecule has 1 unspecified atom stereocenters. The van der Waals surface area contributed by atoms with Gasteiger partial charge in [0.15, 0.2) is 0 Å². The highest BCUT2D eigenvalue weighted by Crippen LogP contribution is 2.17. The second-order valence-corrected chi connectivity index (χ2v) is 4.70. The number of hydrogen-bond acceptors (Lipinski definition) is 3. The lowest BCUT2D eigenvalue weighted by Crippen LogP contribution is -2.37. The van der Waals surface area contributed by atoms with Gasteiger partial charge in [-0.2, -0.15) is 0 Å². The van der Waals surface area contributed by atoms with Crippen LogP contribution >= 0.6 is 0 Å². The summed E-state index contributed by atoms with van der Waals surface area (Å²) in [4.78, 5) is 13.0. The first-order valence-electron chi connectivity index (χ1n) is 6.05. The van der Waals surface area contributed by atoms with Gasteiger partial charge < -0.3 is 10.8 Å². The number of nitrogens with zero attached hydrogens (tertiary/aromatic N) is 1. The fraction of sp³-hybridized carbons (Fsp3) is 0.462. The molecule has 5 heteroatoms. The Bertz CT molecular complexity index is 451. The predicted molar refractivity (Wildman–Crippen MR) is 65.4 cm³/mol. The molecule has 18 heavy (non-hydrogen) atoms. The summed E-state index contributed by atoms with van der Waals surface area (Å²) >= 11 is 0. The first-order chi connectivity index (χ1) is 8.56. The number of primary amides is 1. The normalized spacial score (nSPS) is 20.9. The molecule has 0 aromatic heterocycles. The molecule has 0 radical (unpaired) electrons. The molecule has 1 aromatic carbocycles. The van der Waals surface area contributed by atoms with E-state index >= 15 is 0 Å². The van der Waals surface area contributed by atoms with E-state index in [-0.39, 0.29) is 11.9 Å². The molecule has 2 rings (SSSR count). The van der Waals surface area contributed by atoms with Crippen LogP contribution in [0.15, 0.2) is 18.2 Å². The van der Waals surface area contributed by atoms with Crippen LogP contribution in [0.3, 0.4) is 0 Å². The molecule has 1 aliphatic rings. The number of carbonyl (C=O) groups excluding carboxylic acids is 1. The molecule has 0 spiro atoms. The van der Waals surface area contributed by atoms with Crippen LogP contribution in [-0.2, 0) is 6.54 Å². The van der Waals surface area contributed by atoms with E-state index in [1.54, 1.807) is 0 Å². The molecule has 0 bridgehead atoms. The number of piperidine rings is 1. The van der Waals surface area contributed by atoms with Gasteiger partial charge in [0.1, 0.15) is 5.82 Å². The molecule has 98 valence electrons. The number of amides is 1. The maximum absolute atomic E-state index is 13.6. The first-order valence-corrected chi connectivity index (χ1v) is 6.05. The third kappa shape index (κ3) is 3.05. The van der Waals surface area contributed by atoms with Crippen LogP contribution in [0.5, 0.6) is 0 Å². The van der Waals surface area contributed by atoms with E-state index in [1.165, 1.54) is 18.2 Å². The van der Waals surface area contributed by atoms with E-state index in [0.717, 1.165) is 19.4 Å². The molecule has 4 nitrogen and oxygen atoms in total. The molecule has 1 heterocycles. The van der Waals surface area contributed by atoms with Crippen molar-refractivity contribution in [2.75, 3.05) is 13.1 Å². The Morgan fingerprint density at radius 3 is 3.00 bits per heavy atom. The summed E-state index contributed by atoms with van der Waals surface area (Å²) in [5.41, 5.74) is 5.93. The van der Waals surface area contributed by atoms with Crippen molar-refractivity contribution in [3.05, 3.63) is 35.1 Å². The average Bonchev–Trinajstić information content (AvgIpc) is 2.31. The van der Waals surface area contributed by atoms with Gasteiger partial charge in [0.05, 0.1) is 6.10 Å². The van der Waals surface area contributed by atoms with Gasteiger partial charge in [-0.15, -0.1) is 0 Å². The Balaban J connectivity index is 2.12. The van der Waals surface area contributed by atoms with Gasteiger partial charge in [0.25, 0.3) is 0 Å². The highest BCUT2D eigenvalue weighted by atomic mass is 19.1. The zero-order valence-electron chi connectivity index (χ0n) is 10.1. The summed E-state index contributed by atoms with van der Waals surface area (Å²) in [7, 11) is 0. The third-order valence-electron chi connectivity index (χ3n) is 3.20. The zero-order valence-corrected chi connectivity index (χ0v) is 10.1. The van der Waals surface area contributed by atoms with Crippen LogP contribution in [0.4, 0.5) is 4.39 Å². The maximum atomic E-state index is 13.6. The SMILES string of the molecule is NC(=O)c1ccc(F)c(CN2CCCC(O)C2)c1. The summed E-state index contributed by atoms with van der Waals surface area (Å²) in [6.07, 6.45) is 1.35. The summed E-state index contributed by atoms with van der Waals surface area (Å²) in [6.45, 7) is 1.77. The molecule has 1 amide bonds. The van der Waals surface area contributed by atoms with Crippen molar-refractivity contribution in [1.29, 1.82) is 0 Å². The fourth-order valence-corrected chi connectivity index (χ4v) is 2.26. The molecule has 0 saturated carbocycles. The van der Waals surface area contributed by atoms with Gasteiger partial charge in [0, 0.05) is 24.2 Å². The van der Waals surface area contributed by atoms with Crippen LogP contribution in [0.2, 0.25) is 0 Å². The molecule has 3 N–H and O–H groups in total. The van der Waals surface area contributed by atoms with Crippen molar-refractivity contribution in [3.8, 4) is 0 Å². The highest BCUT2D eigenvalue weighted by molar-refractivity contribution is 5.92. The second-order valence-electron chi connectivity index (χ2n) is 4.70. The summed E-state index contributed by atoms with van der Waals surface area (Å²) in [6, 6.07) is 4.13. The Labute approximate surface area is 105 Å². The molecule has 1 aromatic rings. The van der Waals surface area contributed by atoms with Gasteiger partial charge in [-0.3, -0.25) is 9.69 Å². The van der Waals surface area contributed by atoms with Gasteiger partial charge in [-0.25, -0.2) is 4.39 Å². The lowest BCUT2D eigenvalue weighted by molar-refractivity contribution is 0.0662. The zero-order chi connectivity index (χ0) is 13.1. The Morgan fingerprint density at radius 1 is 1.56 bits per heavy atom. The maximum Gasteiger partial charge on any atom is 0.248 e. The van der Waals surface area contributed by atoms with Gasteiger partial charge in [-0.1, -0.05) is 0 Å². The van der Waals surface area contributed by atoms with E-state index < -0.39 is 5.91 Å². The monoisotopic (exact) mass is 252 g/mol. The topological polar surface area (TPSA) is 66.6 Å². The smallest absolute Gasteiger partial charge is 0.248 e. The molecule has 0 aliphatic carbocycles. The van der Waals surface area contributed by atoms with Crippen LogP contribution in [-0.4, -0.2) is 35.1 Å². The summed E-state index contributed by atoms with van der Waals surface area (Å²) in [5.74, 6) is -0.907. The standard InChI is InChI=1S/C13H17FN2O2/c14-12-4-3-9(13(15)18)6-10(12)7-16-5-1-2-11(17)8-16/h3-4,6,11,17H,1-2,5,7-8H2,(H2,15,18). The molecular weight excluding hydrogens is 235 g/mol. The van der Waals surface area contributed by atoms with Crippen molar-refractivity contribution in [2.45, 2.75) is 25.5 Å². The minimum Gasteiger partial charge on any atom is -0.392 e. The quantitative estimate of drug-likeness (QED) is 0.839. The van der Waals surface area contributed by atoms with Gasteiger partial charge in [-0.05, 0) is 37.6 Å². The lowest BCUT2D eigenvalue weighted by Gasteiger charge is -2.30. The van der Waals surface area contributed by atoms with Crippen molar-refractivity contribution < 1.29 is 14.3 Å². The predicted octanol–water partition coefficient (Wildman–Crippen LogP) is 0.881. The number of nitrogens with two attached hydrogens (primary N) is 1. The number of β-amino-alcohol motifs (C(OH)–C–C–N with tert-alkyl or cyclic N) is 1.